The van der Waals surface area contributed by atoms with Crippen LogP contribution in [-0.4, -0.2) is 42.3 Å². The summed E-state index contributed by atoms with van der Waals surface area (Å²) >= 11 is 3.14. The molecule has 2 amide bonds. The minimum Gasteiger partial charge on any atom is -0.345 e. The highest BCUT2D eigenvalue weighted by molar-refractivity contribution is 9.10. The van der Waals surface area contributed by atoms with Gasteiger partial charge in [0, 0.05) is 32.7 Å². The number of benzene rings is 2. The van der Waals surface area contributed by atoms with E-state index in [1.165, 1.54) is 11.0 Å². The molecule has 138 valence electrons. The summed E-state index contributed by atoms with van der Waals surface area (Å²) in [6, 6.07) is 11.9. The van der Waals surface area contributed by atoms with Gasteiger partial charge in [-0.3, -0.25) is 9.59 Å². The first kappa shape index (κ1) is 20.1. The lowest BCUT2D eigenvalue weighted by molar-refractivity contribution is -0.130. The molecule has 0 aliphatic carbocycles. The predicted octanol–water partition coefficient (Wildman–Crippen LogP) is 3.88. The number of hydrogen-bond acceptors (Lipinski definition) is 2. The van der Waals surface area contributed by atoms with Gasteiger partial charge in [0.05, 0.1) is 10.9 Å². The molecule has 2 aromatic carbocycles. The van der Waals surface area contributed by atoms with E-state index < -0.39 is 0 Å². The first-order valence-electron chi connectivity index (χ1n) is 8.34. The van der Waals surface area contributed by atoms with Crippen molar-refractivity contribution in [1.29, 1.82) is 0 Å². The highest BCUT2D eigenvalue weighted by atomic mass is 79.9. The van der Waals surface area contributed by atoms with Gasteiger partial charge in [-0.05, 0) is 58.2 Å². The fourth-order valence-corrected chi connectivity index (χ4v) is 2.97. The molecular weight excluding hydrogens is 399 g/mol. The van der Waals surface area contributed by atoms with Crippen LogP contribution < -0.4 is 0 Å². The van der Waals surface area contributed by atoms with Crippen molar-refractivity contribution >= 4 is 27.7 Å². The molecule has 0 spiro atoms. The quantitative estimate of drug-likeness (QED) is 0.711. The van der Waals surface area contributed by atoms with Crippen molar-refractivity contribution < 1.29 is 14.0 Å². The van der Waals surface area contributed by atoms with Crippen LogP contribution >= 0.6 is 15.9 Å². The van der Waals surface area contributed by atoms with Crippen molar-refractivity contribution in [3.05, 3.63) is 69.4 Å². The molecule has 0 saturated carbocycles. The van der Waals surface area contributed by atoms with Crippen LogP contribution in [0.25, 0.3) is 0 Å². The molecule has 0 heterocycles. The van der Waals surface area contributed by atoms with E-state index in [0.29, 0.717) is 23.1 Å². The summed E-state index contributed by atoms with van der Waals surface area (Å²) in [5.74, 6) is -0.428. The first-order chi connectivity index (χ1) is 12.3. The second kappa shape index (κ2) is 8.94. The van der Waals surface area contributed by atoms with Crippen LogP contribution in [0.5, 0.6) is 0 Å². The van der Waals surface area contributed by atoms with Crippen LogP contribution in [0.4, 0.5) is 4.39 Å². The van der Waals surface area contributed by atoms with Crippen LogP contribution in [0.3, 0.4) is 0 Å². The Balaban J connectivity index is 2.04. The number of nitrogens with zero attached hydrogens (tertiary/aromatic N) is 2. The van der Waals surface area contributed by atoms with E-state index in [9.17, 15) is 14.0 Å². The monoisotopic (exact) mass is 420 g/mol. The van der Waals surface area contributed by atoms with Crippen molar-refractivity contribution in [2.24, 2.45) is 0 Å². The van der Waals surface area contributed by atoms with E-state index in [1.807, 2.05) is 19.1 Å². The van der Waals surface area contributed by atoms with Crippen molar-refractivity contribution in [2.75, 3.05) is 20.6 Å². The molecule has 0 aliphatic rings. The van der Waals surface area contributed by atoms with Gasteiger partial charge in [0.2, 0.25) is 5.91 Å². The van der Waals surface area contributed by atoms with Gasteiger partial charge in [-0.1, -0.05) is 18.2 Å². The second-order valence-electron chi connectivity index (χ2n) is 6.23. The number of hydrogen-bond donors (Lipinski definition) is 0. The summed E-state index contributed by atoms with van der Waals surface area (Å²) in [5.41, 5.74) is 2.33. The normalized spacial score (nSPS) is 10.5. The van der Waals surface area contributed by atoms with Gasteiger partial charge in [0.15, 0.2) is 0 Å². The number of carbonyl (C=O) groups is 2. The maximum Gasteiger partial charge on any atom is 0.253 e. The van der Waals surface area contributed by atoms with Gasteiger partial charge >= 0.3 is 0 Å². The Bertz CT molecular complexity index is 791. The fourth-order valence-electron chi connectivity index (χ4n) is 2.54. The average Bonchev–Trinajstić information content (AvgIpc) is 2.62. The van der Waals surface area contributed by atoms with Gasteiger partial charge in [-0.25, -0.2) is 4.39 Å². The van der Waals surface area contributed by atoms with E-state index in [2.05, 4.69) is 15.9 Å². The zero-order chi connectivity index (χ0) is 19.3. The van der Waals surface area contributed by atoms with Gasteiger partial charge in [0.1, 0.15) is 5.82 Å². The van der Waals surface area contributed by atoms with E-state index in [1.54, 1.807) is 43.3 Å². The van der Waals surface area contributed by atoms with Gasteiger partial charge in [-0.15, -0.1) is 0 Å². The minimum absolute atomic E-state index is 0.0283. The summed E-state index contributed by atoms with van der Waals surface area (Å²) in [4.78, 5) is 27.8. The maximum absolute atomic E-state index is 13.3. The summed E-state index contributed by atoms with van der Waals surface area (Å²) in [7, 11) is 3.42. The molecular formula is C20H22BrFN2O2. The number of halogens is 2. The average molecular weight is 421 g/mol. The zero-order valence-corrected chi connectivity index (χ0v) is 16.7. The molecule has 0 N–H and O–H groups in total. The molecule has 0 bridgehead atoms. The van der Waals surface area contributed by atoms with Crippen LogP contribution in [-0.2, 0) is 17.8 Å². The summed E-state index contributed by atoms with van der Waals surface area (Å²) in [5, 5.41) is 0. The Labute approximate surface area is 161 Å². The standard InChI is InChI=1S/C20H22BrFN2O2/c1-4-24(19(25)12-15-7-10-18(22)17(21)11-15)13-14-5-8-16(9-6-14)20(26)23(2)3/h5-11H,4,12-13H2,1-3H3. The smallest absolute Gasteiger partial charge is 0.253 e. The molecule has 0 aliphatic heterocycles. The minimum atomic E-state index is -0.346. The molecule has 2 aromatic rings. The molecule has 2 rings (SSSR count). The van der Waals surface area contributed by atoms with Gasteiger partial charge in [-0.2, -0.15) is 0 Å². The highest BCUT2D eigenvalue weighted by Crippen LogP contribution is 2.18. The van der Waals surface area contributed by atoms with Gasteiger partial charge < -0.3 is 9.80 Å². The molecule has 6 heteroatoms. The van der Waals surface area contributed by atoms with E-state index in [-0.39, 0.29) is 24.1 Å². The largest absolute Gasteiger partial charge is 0.345 e. The van der Waals surface area contributed by atoms with Crippen LogP contribution in [0, 0.1) is 5.82 Å². The summed E-state index contributed by atoms with van der Waals surface area (Å²) in [6.07, 6.45) is 0.212. The fraction of sp³-hybridized carbons (Fsp3) is 0.300. The third-order valence-corrected chi connectivity index (χ3v) is 4.66. The third-order valence-electron chi connectivity index (χ3n) is 4.05. The molecule has 0 unspecified atom stereocenters. The number of carbonyl (C=O) groups excluding carboxylic acids is 2. The molecule has 0 saturated heterocycles. The number of rotatable bonds is 6. The van der Waals surface area contributed by atoms with Crippen molar-refractivity contribution in [2.45, 2.75) is 19.9 Å². The molecule has 0 radical (unpaired) electrons. The van der Waals surface area contributed by atoms with Gasteiger partial charge in [0.25, 0.3) is 5.91 Å². The predicted molar refractivity (Wildman–Crippen MR) is 103 cm³/mol. The first-order valence-corrected chi connectivity index (χ1v) is 9.13. The SMILES string of the molecule is CCN(Cc1ccc(C(=O)N(C)C)cc1)C(=O)Cc1ccc(F)c(Br)c1. The molecule has 0 fully saturated rings. The number of likely N-dealkylation sites (N-methyl/N-ethyl adjacent to an activating group) is 1. The lowest BCUT2D eigenvalue weighted by Crippen LogP contribution is -2.31. The van der Waals surface area contributed by atoms with Crippen LogP contribution in [0.2, 0.25) is 0 Å². The third kappa shape index (κ3) is 5.14. The Kier molecular flexibility index (Phi) is 6.91. The number of amides is 2. The van der Waals surface area contributed by atoms with Crippen molar-refractivity contribution in [1.82, 2.24) is 9.80 Å². The molecule has 26 heavy (non-hydrogen) atoms. The van der Waals surface area contributed by atoms with Crippen molar-refractivity contribution in [3.63, 3.8) is 0 Å². The molecule has 4 nitrogen and oxygen atoms in total. The topological polar surface area (TPSA) is 40.6 Å². The Hall–Kier alpha value is -2.21. The van der Waals surface area contributed by atoms with E-state index in [4.69, 9.17) is 0 Å². The lowest BCUT2D eigenvalue weighted by atomic mass is 10.1. The Morgan fingerprint density at radius 2 is 1.65 bits per heavy atom. The maximum atomic E-state index is 13.3. The Morgan fingerprint density at radius 1 is 1.04 bits per heavy atom. The lowest BCUT2D eigenvalue weighted by Gasteiger charge is -2.21. The molecule has 0 aromatic heterocycles. The summed E-state index contributed by atoms with van der Waals surface area (Å²) in [6.45, 7) is 2.95. The van der Waals surface area contributed by atoms with Crippen LogP contribution in [0.1, 0.15) is 28.4 Å². The van der Waals surface area contributed by atoms with E-state index >= 15 is 0 Å². The molecule has 0 atom stereocenters. The Morgan fingerprint density at radius 3 is 2.19 bits per heavy atom. The van der Waals surface area contributed by atoms with Crippen molar-refractivity contribution in [3.8, 4) is 0 Å². The zero-order valence-electron chi connectivity index (χ0n) is 15.1. The van der Waals surface area contributed by atoms with E-state index in [0.717, 1.165) is 11.1 Å². The second-order valence-corrected chi connectivity index (χ2v) is 7.08. The summed E-state index contributed by atoms with van der Waals surface area (Å²) < 4.78 is 13.7. The van der Waals surface area contributed by atoms with Crippen LogP contribution in [0.15, 0.2) is 46.9 Å². The highest BCUT2D eigenvalue weighted by Gasteiger charge is 2.14.